The smallest absolute Gasteiger partial charge is 0.269 e. The molecule has 6 heteroatoms. The number of rotatable bonds is 9. The summed E-state index contributed by atoms with van der Waals surface area (Å²) in [7, 11) is 5.68. The molecule has 2 N–H and O–H groups in total. The van der Waals surface area contributed by atoms with Gasteiger partial charge in [-0.3, -0.25) is 4.79 Å². The van der Waals surface area contributed by atoms with Crippen molar-refractivity contribution in [3.8, 4) is 0 Å². The molecule has 20 heavy (non-hydrogen) atoms. The lowest BCUT2D eigenvalue weighted by Crippen LogP contribution is -2.27. The van der Waals surface area contributed by atoms with Gasteiger partial charge in [0.25, 0.3) is 5.91 Å². The number of amides is 1. The number of hydrogen-bond acceptors (Lipinski definition) is 5. The zero-order valence-electron chi connectivity index (χ0n) is 12.5. The van der Waals surface area contributed by atoms with Crippen LogP contribution in [0.1, 0.15) is 16.9 Å². The van der Waals surface area contributed by atoms with Crippen molar-refractivity contribution in [3.05, 3.63) is 24.0 Å². The lowest BCUT2D eigenvalue weighted by Gasteiger charge is -2.10. The van der Waals surface area contributed by atoms with Crippen LogP contribution in [0.5, 0.6) is 0 Å². The molecule has 0 saturated heterocycles. The Morgan fingerprint density at radius 1 is 1.35 bits per heavy atom. The normalized spacial score (nSPS) is 10.6. The molecule has 0 fully saturated rings. The van der Waals surface area contributed by atoms with Gasteiger partial charge in [-0.1, -0.05) is 0 Å². The Balaban J connectivity index is 2.33. The molecule has 0 radical (unpaired) electrons. The van der Waals surface area contributed by atoms with Crippen LogP contribution in [0.2, 0.25) is 0 Å². The molecule has 1 heterocycles. The lowest BCUT2D eigenvalue weighted by atomic mass is 10.3. The van der Waals surface area contributed by atoms with E-state index in [1.54, 1.807) is 19.4 Å². The zero-order chi connectivity index (χ0) is 14.8. The number of methoxy groups -OCH3 is 1. The molecule has 0 bridgehead atoms. The molecule has 0 aliphatic carbocycles. The van der Waals surface area contributed by atoms with Gasteiger partial charge in [-0.25, -0.2) is 4.98 Å². The molecule has 1 rings (SSSR count). The van der Waals surface area contributed by atoms with Crippen LogP contribution in [0, 0.1) is 0 Å². The molecule has 0 unspecified atom stereocenters. The van der Waals surface area contributed by atoms with Crippen molar-refractivity contribution in [3.63, 3.8) is 0 Å². The number of hydrogen-bond donors (Lipinski definition) is 2. The number of carbonyl (C=O) groups excluding carboxylic acids is 1. The van der Waals surface area contributed by atoms with E-state index in [1.165, 1.54) is 0 Å². The molecule has 0 aromatic carbocycles. The van der Waals surface area contributed by atoms with Gasteiger partial charge in [-0.05, 0) is 39.2 Å². The Kier molecular flexibility index (Phi) is 7.60. The fraction of sp³-hybridized carbons (Fsp3) is 0.571. The van der Waals surface area contributed by atoms with E-state index in [0.717, 1.165) is 18.7 Å². The van der Waals surface area contributed by atoms with Gasteiger partial charge in [0.2, 0.25) is 0 Å². The molecule has 6 nitrogen and oxygen atoms in total. The molecule has 1 amide bonds. The highest BCUT2D eigenvalue weighted by atomic mass is 16.5. The number of ether oxygens (including phenoxy) is 1. The first kappa shape index (κ1) is 16.4. The first-order chi connectivity index (χ1) is 9.63. The van der Waals surface area contributed by atoms with Crippen molar-refractivity contribution in [1.29, 1.82) is 0 Å². The SMILES string of the molecule is COCCNc1ccc(C(=O)NCCCN(C)C)nc1. The van der Waals surface area contributed by atoms with E-state index >= 15 is 0 Å². The fourth-order valence-electron chi connectivity index (χ4n) is 1.62. The van der Waals surface area contributed by atoms with Gasteiger partial charge in [0.15, 0.2) is 0 Å². The van der Waals surface area contributed by atoms with Crippen molar-refractivity contribution in [2.45, 2.75) is 6.42 Å². The second-order valence-electron chi connectivity index (χ2n) is 4.76. The van der Waals surface area contributed by atoms with Crippen molar-refractivity contribution in [2.75, 3.05) is 52.8 Å². The van der Waals surface area contributed by atoms with Crippen LogP contribution < -0.4 is 10.6 Å². The van der Waals surface area contributed by atoms with Crippen LogP contribution in [-0.4, -0.2) is 63.2 Å². The predicted molar refractivity (Wildman–Crippen MR) is 80.1 cm³/mol. The van der Waals surface area contributed by atoms with E-state index in [9.17, 15) is 4.79 Å². The third-order valence-corrected chi connectivity index (χ3v) is 2.70. The summed E-state index contributed by atoms with van der Waals surface area (Å²) in [5.41, 5.74) is 1.32. The molecular weight excluding hydrogens is 256 g/mol. The number of aromatic nitrogens is 1. The number of pyridine rings is 1. The van der Waals surface area contributed by atoms with Crippen molar-refractivity contribution in [2.24, 2.45) is 0 Å². The van der Waals surface area contributed by atoms with Crippen molar-refractivity contribution < 1.29 is 9.53 Å². The van der Waals surface area contributed by atoms with Crippen LogP contribution in [0.15, 0.2) is 18.3 Å². The number of nitrogens with zero attached hydrogens (tertiary/aromatic N) is 2. The first-order valence-corrected chi connectivity index (χ1v) is 6.75. The van der Waals surface area contributed by atoms with Gasteiger partial charge in [0, 0.05) is 20.2 Å². The van der Waals surface area contributed by atoms with E-state index in [4.69, 9.17) is 4.74 Å². The Bertz CT molecular complexity index is 393. The maximum atomic E-state index is 11.8. The standard InChI is InChI=1S/C14H24N4O2/c1-18(2)9-4-7-16-14(19)13-6-5-12(11-17-13)15-8-10-20-3/h5-6,11,15H,4,7-10H2,1-3H3,(H,16,19). The summed E-state index contributed by atoms with van der Waals surface area (Å²) in [6, 6.07) is 3.56. The van der Waals surface area contributed by atoms with E-state index in [2.05, 4.69) is 20.5 Å². The van der Waals surface area contributed by atoms with Gasteiger partial charge < -0.3 is 20.3 Å². The fourth-order valence-corrected chi connectivity index (χ4v) is 1.62. The highest BCUT2D eigenvalue weighted by Crippen LogP contribution is 2.05. The molecular formula is C14H24N4O2. The predicted octanol–water partition coefficient (Wildman–Crippen LogP) is 0.821. The third kappa shape index (κ3) is 6.49. The molecule has 0 saturated carbocycles. The number of carbonyl (C=O) groups is 1. The molecule has 1 aromatic rings. The van der Waals surface area contributed by atoms with Gasteiger partial charge in [-0.2, -0.15) is 0 Å². The van der Waals surface area contributed by atoms with Crippen LogP contribution >= 0.6 is 0 Å². The monoisotopic (exact) mass is 280 g/mol. The highest BCUT2D eigenvalue weighted by molar-refractivity contribution is 5.92. The minimum Gasteiger partial charge on any atom is -0.383 e. The van der Waals surface area contributed by atoms with Crippen molar-refractivity contribution >= 4 is 11.6 Å². The lowest BCUT2D eigenvalue weighted by molar-refractivity contribution is 0.0947. The van der Waals surface area contributed by atoms with Crippen LogP contribution in [-0.2, 0) is 4.74 Å². The Hall–Kier alpha value is -1.66. The second-order valence-corrected chi connectivity index (χ2v) is 4.76. The van der Waals surface area contributed by atoms with Gasteiger partial charge >= 0.3 is 0 Å². The summed E-state index contributed by atoms with van der Waals surface area (Å²) in [5, 5.41) is 6.01. The molecule has 0 aliphatic heterocycles. The third-order valence-electron chi connectivity index (χ3n) is 2.70. The molecule has 112 valence electrons. The summed E-state index contributed by atoms with van der Waals surface area (Å²) in [6.45, 7) is 2.96. The van der Waals surface area contributed by atoms with Crippen molar-refractivity contribution in [1.82, 2.24) is 15.2 Å². The molecule has 0 spiro atoms. The molecule has 0 atom stereocenters. The Morgan fingerprint density at radius 3 is 2.75 bits per heavy atom. The van der Waals surface area contributed by atoms with E-state index in [-0.39, 0.29) is 5.91 Å². The summed E-state index contributed by atoms with van der Waals surface area (Å²) >= 11 is 0. The average molecular weight is 280 g/mol. The maximum absolute atomic E-state index is 11.8. The average Bonchev–Trinajstić information content (AvgIpc) is 2.44. The minimum absolute atomic E-state index is 0.132. The minimum atomic E-state index is -0.132. The zero-order valence-corrected chi connectivity index (χ0v) is 12.5. The number of nitrogens with one attached hydrogen (secondary N) is 2. The molecule has 0 aliphatic rings. The Labute approximate surface area is 120 Å². The summed E-state index contributed by atoms with van der Waals surface area (Å²) in [4.78, 5) is 18.1. The maximum Gasteiger partial charge on any atom is 0.269 e. The summed E-state index contributed by atoms with van der Waals surface area (Å²) in [6.07, 6.45) is 2.58. The van der Waals surface area contributed by atoms with Gasteiger partial charge in [0.05, 0.1) is 18.5 Å². The van der Waals surface area contributed by atoms with Gasteiger partial charge in [0.1, 0.15) is 5.69 Å². The van der Waals surface area contributed by atoms with E-state index < -0.39 is 0 Å². The first-order valence-electron chi connectivity index (χ1n) is 6.75. The summed E-state index contributed by atoms with van der Waals surface area (Å²) < 4.78 is 4.95. The van der Waals surface area contributed by atoms with E-state index in [0.29, 0.717) is 25.4 Å². The van der Waals surface area contributed by atoms with Crippen LogP contribution in [0.4, 0.5) is 5.69 Å². The number of anilines is 1. The highest BCUT2D eigenvalue weighted by Gasteiger charge is 2.06. The molecule has 1 aromatic heterocycles. The van der Waals surface area contributed by atoms with Gasteiger partial charge in [-0.15, -0.1) is 0 Å². The summed E-state index contributed by atoms with van der Waals surface area (Å²) in [5.74, 6) is -0.132. The van der Waals surface area contributed by atoms with E-state index in [1.807, 2.05) is 20.2 Å². The Morgan fingerprint density at radius 2 is 2.15 bits per heavy atom. The quantitative estimate of drug-likeness (QED) is 0.656. The van der Waals surface area contributed by atoms with Crippen LogP contribution in [0.25, 0.3) is 0 Å². The second kappa shape index (κ2) is 9.28. The van der Waals surface area contributed by atoms with Crippen LogP contribution in [0.3, 0.4) is 0 Å². The largest absolute Gasteiger partial charge is 0.383 e. The topological polar surface area (TPSA) is 66.5 Å².